The molecule has 1 aliphatic carbocycles. The lowest BCUT2D eigenvalue weighted by molar-refractivity contribution is -0.137. The van der Waals surface area contributed by atoms with E-state index in [-0.39, 0.29) is 49.1 Å². The third kappa shape index (κ3) is 6.24. The van der Waals surface area contributed by atoms with Gasteiger partial charge in [-0.2, -0.15) is 4.80 Å². The number of hydrogen-bond acceptors (Lipinski definition) is 6. The van der Waals surface area contributed by atoms with Gasteiger partial charge in [0.25, 0.3) is 0 Å². The Bertz CT molecular complexity index is 1090. The van der Waals surface area contributed by atoms with Gasteiger partial charge in [-0.3, -0.25) is 9.59 Å². The highest BCUT2D eigenvalue weighted by atomic mass is 19.1. The van der Waals surface area contributed by atoms with Crippen LogP contribution < -0.4 is 5.32 Å². The van der Waals surface area contributed by atoms with E-state index >= 15 is 0 Å². The van der Waals surface area contributed by atoms with Gasteiger partial charge >= 0.3 is 0 Å². The summed E-state index contributed by atoms with van der Waals surface area (Å²) in [5.41, 5.74) is 0.716. The van der Waals surface area contributed by atoms with Gasteiger partial charge in [0.05, 0.1) is 6.54 Å². The molecular weight excluding hydrogens is 427 g/mol. The van der Waals surface area contributed by atoms with Crippen molar-refractivity contribution in [3.05, 3.63) is 53.5 Å². The van der Waals surface area contributed by atoms with E-state index in [1.165, 1.54) is 28.2 Å². The van der Waals surface area contributed by atoms with E-state index in [9.17, 15) is 14.0 Å². The second kappa shape index (κ2) is 10.4. The molecule has 0 unspecified atom stereocenters. The molecule has 1 saturated carbocycles. The third-order valence-electron chi connectivity index (χ3n) is 5.63. The molecule has 10 heteroatoms. The Labute approximate surface area is 190 Å². The quantitative estimate of drug-likeness (QED) is 0.561. The van der Waals surface area contributed by atoms with Gasteiger partial charge in [0.2, 0.25) is 17.6 Å². The third-order valence-corrected chi connectivity index (χ3v) is 5.63. The van der Waals surface area contributed by atoms with Gasteiger partial charge in [0.1, 0.15) is 18.1 Å². The highest BCUT2D eigenvalue weighted by molar-refractivity contribution is 5.84. The molecule has 0 radical (unpaired) electrons. The predicted molar refractivity (Wildman–Crippen MR) is 117 cm³/mol. The number of furan rings is 1. The van der Waals surface area contributed by atoms with Crippen molar-refractivity contribution < 1.29 is 18.4 Å². The summed E-state index contributed by atoms with van der Waals surface area (Å²) in [5.74, 6) is 0.525. The van der Waals surface area contributed by atoms with Crippen LogP contribution in [-0.2, 0) is 22.7 Å². The molecule has 0 atom stereocenters. The Kier molecular flexibility index (Phi) is 7.11. The van der Waals surface area contributed by atoms with Crippen LogP contribution in [0.1, 0.15) is 43.4 Å². The lowest BCUT2D eigenvalue weighted by atomic mass is 9.95. The summed E-state index contributed by atoms with van der Waals surface area (Å²) in [6.45, 7) is 1.68. The first-order valence-corrected chi connectivity index (χ1v) is 11.1. The van der Waals surface area contributed by atoms with Crippen molar-refractivity contribution in [3.8, 4) is 11.6 Å². The molecule has 3 aromatic rings. The fourth-order valence-corrected chi connectivity index (χ4v) is 3.92. The van der Waals surface area contributed by atoms with Gasteiger partial charge in [0, 0.05) is 12.6 Å². The first kappa shape index (κ1) is 22.6. The minimum Gasteiger partial charge on any atom is -0.458 e. The number of carbonyl (C=O) groups excluding carboxylic acids is 2. The second-order valence-electron chi connectivity index (χ2n) is 8.33. The molecule has 1 N–H and O–H groups in total. The molecule has 174 valence electrons. The molecule has 33 heavy (non-hydrogen) atoms. The molecule has 4 rings (SSSR count). The van der Waals surface area contributed by atoms with Crippen molar-refractivity contribution in [2.45, 2.75) is 58.2 Å². The van der Waals surface area contributed by atoms with Crippen LogP contribution in [0.3, 0.4) is 0 Å². The average Bonchev–Trinajstić information content (AvgIpc) is 3.44. The van der Waals surface area contributed by atoms with Crippen LogP contribution in [-0.4, -0.2) is 49.5 Å². The van der Waals surface area contributed by atoms with Crippen LogP contribution in [0.25, 0.3) is 11.6 Å². The van der Waals surface area contributed by atoms with E-state index in [4.69, 9.17) is 4.42 Å². The molecule has 1 fully saturated rings. The Hall–Kier alpha value is -3.56. The molecular formula is C23H27FN6O3. The maximum atomic E-state index is 13.3. The summed E-state index contributed by atoms with van der Waals surface area (Å²) < 4.78 is 18.8. The van der Waals surface area contributed by atoms with Gasteiger partial charge in [-0.15, -0.1) is 10.2 Å². The first-order valence-electron chi connectivity index (χ1n) is 11.1. The second-order valence-corrected chi connectivity index (χ2v) is 8.33. The fraction of sp³-hybridized carbons (Fsp3) is 0.435. The number of carbonyl (C=O) groups is 2. The van der Waals surface area contributed by atoms with Crippen molar-refractivity contribution in [2.75, 3.05) is 6.54 Å². The molecule has 2 amide bonds. The highest BCUT2D eigenvalue weighted by Crippen LogP contribution is 2.18. The molecule has 2 heterocycles. The van der Waals surface area contributed by atoms with Crippen LogP contribution in [0.5, 0.6) is 0 Å². The summed E-state index contributed by atoms with van der Waals surface area (Å²) in [5, 5.41) is 15.1. The molecule has 0 saturated heterocycles. The van der Waals surface area contributed by atoms with Crippen molar-refractivity contribution in [3.63, 3.8) is 0 Å². The zero-order chi connectivity index (χ0) is 23.2. The molecule has 0 aliphatic heterocycles. The number of benzene rings is 1. The van der Waals surface area contributed by atoms with Crippen molar-refractivity contribution in [1.82, 2.24) is 30.4 Å². The van der Waals surface area contributed by atoms with Crippen molar-refractivity contribution >= 4 is 11.8 Å². The van der Waals surface area contributed by atoms with Crippen LogP contribution in [0.2, 0.25) is 0 Å². The highest BCUT2D eigenvalue weighted by Gasteiger charge is 2.22. The summed E-state index contributed by atoms with van der Waals surface area (Å²) in [4.78, 5) is 28.4. The fourth-order valence-electron chi connectivity index (χ4n) is 3.92. The molecule has 1 aliphatic rings. The Morgan fingerprint density at radius 3 is 2.61 bits per heavy atom. The first-order chi connectivity index (χ1) is 16.0. The van der Waals surface area contributed by atoms with Gasteiger partial charge in [-0.1, -0.05) is 31.4 Å². The summed E-state index contributed by atoms with van der Waals surface area (Å²) in [6, 6.07) is 9.52. The largest absolute Gasteiger partial charge is 0.458 e. The number of halogens is 1. The zero-order valence-corrected chi connectivity index (χ0v) is 18.5. The van der Waals surface area contributed by atoms with Crippen LogP contribution in [0.15, 0.2) is 40.8 Å². The van der Waals surface area contributed by atoms with Crippen molar-refractivity contribution in [1.29, 1.82) is 0 Å². The van der Waals surface area contributed by atoms with Gasteiger partial charge in [-0.25, -0.2) is 4.39 Å². The number of amides is 2. The van der Waals surface area contributed by atoms with Crippen LogP contribution in [0, 0.1) is 12.7 Å². The van der Waals surface area contributed by atoms with Gasteiger partial charge in [-0.05, 0) is 54.8 Å². The number of hydrogen-bond donors (Lipinski definition) is 1. The number of aryl methyl sites for hydroxylation is 1. The van der Waals surface area contributed by atoms with E-state index in [0.29, 0.717) is 17.1 Å². The van der Waals surface area contributed by atoms with Gasteiger partial charge in [0.15, 0.2) is 5.76 Å². The number of rotatable bonds is 8. The van der Waals surface area contributed by atoms with E-state index in [2.05, 4.69) is 20.7 Å². The van der Waals surface area contributed by atoms with E-state index < -0.39 is 0 Å². The molecule has 0 bridgehead atoms. The number of tetrazole rings is 1. The Balaban J connectivity index is 1.44. The van der Waals surface area contributed by atoms with E-state index in [0.717, 1.165) is 25.7 Å². The minimum absolute atomic E-state index is 0.106. The smallest absolute Gasteiger partial charge is 0.247 e. The maximum Gasteiger partial charge on any atom is 0.247 e. The normalized spacial score (nSPS) is 14.2. The SMILES string of the molecule is Cc1ccc(-c2nnn(CC(=O)N(CC(=O)NC3CCCCC3)Cc3ccc(F)cc3)n2)o1. The van der Waals surface area contributed by atoms with Gasteiger partial charge < -0.3 is 14.6 Å². The molecule has 9 nitrogen and oxygen atoms in total. The van der Waals surface area contributed by atoms with E-state index in [1.54, 1.807) is 24.3 Å². The molecule has 2 aromatic heterocycles. The minimum atomic E-state index is -0.362. The summed E-state index contributed by atoms with van der Waals surface area (Å²) in [6.07, 6.45) is 5.29. The Morgan fingerprint density at radius 2 is 1.91 bits per heavy atom. The lowest BCUT2D eigenvalue weighted by Gasteiger charge is -2.26. The standard InChI is InChI=1S/C23H27FN6O3/c1-16-7-12-20(33-16)23-26-28-30(27-23)15-22(32)29(13-17-8-10-18(24)11-9-17)14-21(31)25-19-5-3-2-4-6-19/h7-12,19H,2-6,13-15H2,1H3,(H,25,31). The van der Waals surface area contributed by atoms with E-state index in [1.807, 2.05) is 6.92 Å². The number of aromatic nitrogens is 4. The monoisotopic (exact) mass is 454 g/mol. The number of nitrogens with zero attached hydrogens (tertiary/aromatic N) is 5. The van der Waals surface area contributed by atoms with Crippen LogP contribution >= 0.6 is 0 Å². The molecule has 0 spiro atoms. The average molecular weight is 455 g/mol. The Morgan fingerprint density at radius 1 is 1.15 bits per heavy atom. The van der Waals surface area contributed by atoms with Crippen molar-refractivity contribution in [2.24, 2.45) is 0 Å². The number of nitrogens with one attached hydrogen (secondary N) is 1. The van der Waals surface area contributed by atoms with Crippen LogP contribution in [0.4, 0.5) is 4.39 Å². The zero-order valence-electron chi connectivity index (χ0n) is 18.5. The predicted octanol–water partition coefficient (Wildman–Crippen LogP) is 2.86. The summed E-state index contributed by atoms with van der Waals surface area (Å²) >= 11 is 0. The maximum absolute atomic E-state index is 13.3. The topological polar surface area (TPSA) is 106 Å². The molecule has 1 aromatic carbocycles. The lowest BCUT2D eigenvalue weighted by Crippen LogP contribution is -2.45. The summed E-state index contributed by atoms with van der Waals surface area (Å²) in [7, 11) is 0.